The predicted octanol–water partition coefficient (Wildman–Crippen LogP) is 1.48. The van der Waals surface area contributed by atoms with Crippen molar-refractivity contribution in [1.29, 1.82) is 0 Å². The van der Waals surface area contributed by atoms with Gasteiger partial charge in [0, 0.05) is 13.1 Å². The molecule has 0 saturated carbocycles. The Kier molecular flexibility index (Phi) is 7.11. The fraction of sp³-hybridized carbons (Fsp3) is 0.929. The zero-order valence-electron chi connectivity index (χ0n) is 12.0. The van der Waals surface area contributed by atoms with E-state index in [-0.39, 0.29) is 18.4 Å². The largest absolute Gasteiger partial charge is 0.341 e. The molecule has 2 aliphatic rings. The molecule has 0 aliphatic carbocycles. The Morgan fingerprint density at radius 3 is 2.26 bits per heavy atom. The normalized spacial score (nSPS) is 23.8. The molecule has 5 heteroatoms. The number of nitrogens with zero attached hydrogens (tertiary/aromatic N) is 2. The van der Waals surface area contributed by atoms with Crippen molar-refractivity contribution >= 4 is 18.3 Å². The van der Waals surface area contributed by atoms with E-state index in [0.717, 1.165) is 45.6 Å². The summed E-state index contributed by atoms with van der Waals surface area (Å²) in [6.45, 7) is 6.85. The lowest BCUT2D eigenvalue weighted by molar-refractivity contribution is -0.137. The van der Waals surface area contributed by atoms with Crippen molar-refractivity contribution in [2.75, 3.05) is 32.7 Å². The Bertz CT molecular complexity index is 274. The molecule has 0 bridgehead atoms. The SMILES string of the molecule is CC(C(=O)N1CCCCC1)N1CCC(CN)CC1.Cl. The Hall–Kier alpha value is -0.320. The van der Waals surface area contributed by atoms with Gasteiger partial charge in [-0.2, -0.15) is 0 Å². The lowest BCUT2D eigenvalue weighted by atomic mass is 9.96. The second-order valence-corrected chi connectivity index (χ2v) is 5.78. The van der Waals surface area contributed by atoms with Crippen molar-refractivity contribution < 1.29 is 4.79 Å². The first kappa shape index (κ1) is 16.7. The zero-order valence-corrected chi connectivity index (χ0v) is 12.8. The minimum Gasteiger partial charge on any atom is -0.341 e. The minimum absolute atomic E-state index is 0. The second kappa shape index (κ2) is 8.08. The standard InChI is InChI=1S/C14H27N3O.ClH/c1-12(14(18)17-7-3-2-4-8-17)16-9-5-13(11-15)6-10-16;/h12-13H,2-11,15H2,1H3;1H. The molecule has 2 N–H and O–H groups in total. The van der Waals surface area contributed by atoms with Gasteiger partial charge in [0.15, 0.2) is 0 Å². The number of hydrogen-bond donors (Lipinski definition) is 1. The summed E-state index contributed by atoms with van der Waals surface area (Å²) in [5.74, 6) is 0.999. The predicted molar refractivity (Wildman–Crippen MR) is 80.5 cm³/mol. The Labute approximate surface area is 123 Å². The van der Waals surface area contributed by atoms with Gasteiger partial charge in [0.25, 0.3) is 0 Å². The van der Waals surface area contributed by atoms with Crippen LogP contribution in [0.15, 0.2) is 0 Å². The number of hydrogen-bond acceptors (Lipinski definition) is 3. The fourth-order valence-electron chi connectivity index (χ4n) is 3.11. The fourth-order valence-corrected chi connectivity index (χ4v) is 3.11. The maximum atomic E-state index is 12.4. The maximum absolute atomic E-state index is 12.4. The Morgan fingerprint density at radius 2 is 1.74 bits per heavy atom. The Morgan fingerprint density at radius 1 is 1.16 bits per heavy atom. The molecule has 0 aromatic rings. The second-order valence-electron chi connectivity index (χ2n) is 5.78. The third-order valence-electron chi connectivity index (χ3n) is 4.56. The lowest BCUT2D eigenvalue weighted by Gasteiger charge is -2.38. The molecule has 19 heavy (non-hydrogen) atoms. The summed E-state index contributed by atoms with van der Waals surface area (Å²) in [7, 11) is 0. The van der Waals surface area contributed by atoms with Crippen LogP contribution in [0, 0.1) is 5.92 Å². The van der Waals surface area contributed by atoms with E-state index in [1.54, 1.807) is 0 Å². The average Bonchev–Trinajstić information content (AvgIpc) is 2.47. The average molecular weight is 290 g/mol. The van der Waals surface area contributed by atoms with Crippen molar-refractivity contribution in [2.24, 2.45) is 11.7 Å². The van der Waals surface area contributed by atoms with Crippen molar-refractivity contribution in [1.82, 2.24) is 9.80 Å². The smallest absolute Gasteiger partial charge is 0.239 e. The topological polar surface area (TPSA) is 49.6 Å². The van der Waals surface area contributed by atoms with E-state index >= 15 is 0 Å². The number of halogens is 1. The van der Waals surface area contributed by atoms with E-state index in [1.807, 2.05) is 0 Å². The van der Waals surface area contributed by atoms with Gasteiger partial charge in [-0.3, -0.25) is 9.69 Å². The van der Waals surface area contributed by atoms with E-state index in [4.69, 9.17) is 5.73 Å². The number of rotatable bonds is 3. The van der Waals surface area contributed by atoms with E-state index in [9.17, 15) is 4.79 Å². The molecular weight excluding hydrogens is 262 g/mol. The highest BCUT2D eigenvalue weighted by Crippen LogP contribution is 2.19. The molecule has 2 rings (SSSR count). The zero-order chi connectivity index (χ0) is 13.0. The summed E-state index contributed by atoms with van der Waals surface area (Å²) in [4.78, 5) is 16.8. The molecule has 2 saturated heterocycles. The van der Waals surface area contributed by atoms with Gasteiger partial charge in [0.2, 0.25) is 5.91 Å². The van der Waals surface area contributed by atoms with Crippen molar-refractivity contribution in [3.8, 4) is 0 Å². The molecular formula is C14H28ClN3O. The minimum atomic E-state index is 0. The van der Waals surface area contributed by atoms with Crippen LogP contribution in [-0.4, -0.2) is 54.5 Å². The molecule has 0 aromatic heterocycles. The van der Waals surface area contributed by atoms with Crippen molar-refractivity contribution in [3.05, 3.63) is 0 Å². The van der Waals surface area contributed by atoms with Crippen LogP contribution in [0.25, 0.3) is 0 Å². The molecule has 0 spiro atoms. The molecule has 1 unspecified atom stereocenters. The molecule has 1 atom stereocenters. The van der Waals surface area contributed by atoms with Gasteiger partial charge in [0.05, 0.1) is 6.04 Å². The van der Waals surface area contributed by atoms with Gasteiger partial charge in [-0.05, 0) is 64.6 Å². The number of amides is 1. The molecule has 0 radical (unpaired) electrons. The third kappa shape index (κ3) is 4.33. The molecule has 2 heterocycles. The van der Waals surface area contributed by atoms with E-state index < -0.39 is 0 Å². The highest BCUT2D eigenvalue weighted by atomic mass is 35.5. The summed E-state index contributed by atoms with van der Waals surface area (Å²) >= 11 is 0. The van der Waals surface area contributed by atoms with Gasteiger partial charge in [0.1, 0.15) is 0 Å². The highest BCUT2D eigenvalue weighted by molar-refractivity contribution is 5.85. The third-order valence-corrected chi connectivity index (χ3v) is 4.56. The number of carbonyl (C=O) groups is 1. The summed E-state index contributed by atoms with van der Waals surface area (Å²) in [5.41, 5.74) is 5.71. The summed E-state index contributed by atoms with van der Waals surface area (Å²) < 4.78 is 0. The summed E-state index contributed by atoms with van der Waals surface area (Å²) in [6, 6.07) is 0.0572. The van der Waals surface area contributed by atoms with Crippen LogP contribution in [-0.2, 0) is 4.79 Å². The van der Waals surface area contributed by atoms with Crippen LogP contribution in [0.5, 0.6) is 0 Å². The molecule has 1 amide bonds. The maximum Gasteiger partial charge on any atom is 0.239 e. The van der Waals surface area contributed by atoms with Crippen LogP contribution in [0.1, 0.15) is 39.0 Å². The van der Waals surface area contributed by atoms with Crippen LogP contribution >= 0.6 is 12.4 Å². The first-order chi connectivity index (χ1) is 8.72. The van der Waals surface area contributed by atoms with Crippen molar-refractivity contribution in [2.45, 2.75) is 45.1 Å². The van der Waals surface area contributed by atoms with Crippen LogP contribution < -0.4 is 5.73 Å². The van der Waals surface area contributed by atoms with E-state index in [0.29, 0.717) is 11.8 Å². The van der Waals surface area contributed by atoms with Crippen molar-refractivity contribution in [3.63, 3.8) is 0 Å². The highest BCUT2D eigenvalue weighted by Gasteiger charge is 2.29. The lowest BCUT2D eigenvalue weighted by Crippen LogP contribution is -2.51. The molecule has 2 aliphatic heterocycles. The van der Waals surface area contributed by atoms with E-state index in [2.05, 4.69) is 16.7 Å². The van der Waals surface area contributed by atoms with Crippen LogP contribution in [0.2, 0.25) is 0 Å². The van der Waals surface area contributed by atoms with Gasteiger partial charge in [-0.1, -0.05) is 0 Å². The summed E-state index contributed by atoms with van der Waals surface area (Å²) in [5, 5.41) is 0. The Balaban J connectivity index is 0.00000180. The van der Waals surface area contributed by atoms with Crippen LogP contribution in [0.4, 0.5) is 0 Å². The monoisotopic (exact) mass is 289 g/mol. The van der Waals surface area contributed by atoms with Gasteiger partial charge in [-0.15, -0.1) is 12.4 Å². The van der Waals surface area contributed by atoms with E-state index in [1.165, 1.54) is 19.3 Å². The molecule has 2 fully saturated rings. The molecule has 4 nitrogen and oxygen atoms in total. The van der Waals surface area contributed by atoms with Gasteiger partial charge < -0.3 is 10.6 Å². The van der Waals surface area contributed by atoms with Gasteiger partial charge >= 0.3 is 0 Å². The van der Waals surface area contributed by atoms with Gasteiger partial charge in [-0.25, -0.2) is 0 Å². The number of nitrogens with two attached hydrogens (primary N) is 1. The number of carbonyl (C=O) groups excluding carboxylic acids is 1. The van der Waals surface area contributed by atoms with Crippen LogP contribution in [0.3, 0.4) is 0 Å². The molecule has 112 valence electrons. The first-order valence-corrected chi connectivity index (χ1v) is 7.45. The molecule has 0 aromatic carbocycles. The number of piperidine rings is 2. The summed E-state index contributed by atoms with van der Waals surface area (Å²) in [6.07, 6.45) is 5.92. The first-order valence-electron chi connectivity index (χ1n) is 7.45. The number of likely N-dealkylation sites (tertiary alicyclic amines) is 2. The quantitative estimate of drug-likeness (QED) is 0.856.